The van der Waals surface area contributed by atoms with Gasteiger partial charge in [0.15, 0.2) is 5.96 Å². The predicted octanol–water partition coefficient (Wildman–Crippen LogP) is 3.76. The molecule has 1 heterocycles. The van der Waals surface area contributed by atoms with E-state index in [9.17, 15) is 0 Å². The fourth-order valence-electron chi connectivity index (χ4n) is 2.27. The van der Waals surface area contributed by atoms with Crippen LogP contribution in [0.1, 0.15) is 11.3 Å². The number of aliphatic imine (C=N–C) groups is 1. The Hall–Kier alpha value is -2.11. The van der Waals surface area contributed by atoms with Crippen molar-refractivity contribution in [2.24, 2.45) is 12.0 Å². The lowest BCUT2D eigenvalue weighted by atomic mass is 10.2. The van der Waals surface area contributed by atoms with Crippen LogP contribution in [0.2, 0.25) is 10.2 Å². The van der Waals surface area contributed by atoms with Gasteiger partial charge in [0.25, 0.3) is 0 Å². The molecule has 0 saturated heterocycles. The molecule has 0 fully saturated rings. The molecular formula is C18H22Cl2N4O. The number of hydrogen-bond acceptors (Lipinski definition) is 2. The van der Waals surface area contributed by atoms with E-state index in [1.165, 1.54) is 0 Å². The number of nitrogens with zero attached hydrogens (tertiary/aromatic N) is 2. The van der Waals surface area contributed by atoms with Gasteiger partial charge in [0.2, 0.25) is 0 Å². The van der Waals surface area contributed by atoms with E-state index in [-0.39, 0.29) is 0 Å². The molecule has 2 aromatic rings. The van der Waals surface area contributed by atoms with Gasteiger partial charge in [-0.1, -0.05) is 54.1 Å². The summed E-state index contributed by atoms with van der Waals surface area (Å²) in [5.41, 5.74) is 2.00. The zero-order valence-electron chi connectivity index (χ0n) is 14.4. The van der Waals surface area contributed by atoms with Gasteiger partial charge < -0.3 is 19.9 Å². The van der Waals surface area contributed by atoms with E-state index in [2.05, 4.69) is 22.2 Å². The van der Waals surface area contributed by atoms with Crippen molar-refractivity contribution < 1.29 is 4.74 Å². The van der Waals surface area contributed by atoms with Crippen LogP contribution in [0.4, 0.5) is 0 Å². The van der Waals surface area contributed by atoms with Crippen LogP contribution in [-0.4, -0.2) is 24.2 Å². The SMILES string of the molecule is C=CCOc1ccccc1CNC(=NC)NCc1cc(Cl)c(Cl)n1C. The molecule has 134 valence electrons. The molecule has 0 spiro atoms. The Morgan fingerprint density at radius 2 is 2.00 bits per heavy atom. The minimum absolute atomic E-state index is 0.471. The molecule has 0 unspecified atom stereocenters. The third-order valence-electron chi connectivity index (χ3n) is 3.65. The van der Waals surface area contributed by atoms with Crippen LogP contribution < -0.4 is 15.4 Å². The molecule has 0 atom stereocenters. The molecule has 0 saturated carbocycles. The van der Waals surface area contributed by atoms with Crippen LogP contribution in [0.25, 0.3) is 0 Å². The highest BCUT2D eigenvalue weighted by molar-refractivity contribution is 6.41. The Labute approximate surface area is 158 Å². The zero-order valence-corrected chi connectivity index (χ0v) is 15.9. The smallest absolute Gasteiger partial charge is 0.191 e. The van der Waals surface area contributed by atoms with Crippen molar-refractivity contribution in [1.29, 1.82) is 0 Å². The summed E-state index contributed by atoms with van der Waals surface area (Å²) in [6, 6.07) is 9.70. The van der Waals surface area contributed by atoms with Gasteiger partial charge in [-0.15, -0.1) is 0 Å². The van der Waals surface area contributed by atoms with Gasteiger partial charge in [-0.2, -0.15) is 0 Å². The molecule has 0 aliphatic rings. The van der Waals surface area contributed by atoms with Crippen LogP contribution >= 0.6 is 23.2 Å². The largest absolute Gasteiger partial charge is 0.489 e. The second kappa shape index (κ2) is 9.39. The number of rotatable bonds is 7. The van der Waals surface area contributed by atoms with Crippen molar-refractivity contribution in [1.82, 2.24) is 15.2 Å². The molecule has 0 aliphatic heterocycles. The number of nitrogens with one attached hydrogen (secondary N) is 2. The van der Waals surface area contributed by atoms with Gasteiger partial charge in [0.1, 0.15) is 17.5 Å². The van der Waals surface area contributed by atoms with Crippen molar-refractivity contribution in [3.05, 3.63) is 64.4 Å². The summed E-state index contributed by atoms with van der Waals surface area (Å²) >= 11 is 12.1. The maximum atomic E-state index is 6.08. The predicted molar refractivity (Wildman–Crippen MR) is 105 cm³/mol. The Morgan fingerprint density at radius 1 is 1.28 bits per heavy atom. The highest BCUT2D eigenvalue weighted by Crippen LogP contribution is 2.24. The molecule has 25 heavy (non-hydrogen) atoms. The van der Waals surface area contributed by atoms with E-state index in [1.54, 1.807) is 13.1 Å². The second-order valence-electron chi connectivity index (χ2n) is 5.32. The third kappa shape index (κ3) is 5.18. The molecule has 2 N–H and O–H groups in total. The third-order valence-corrected chi connectivity index (χ3v) is 4.49. The van der Waals surface area contributed by atoms with Crippen LogP contribution in [-0.2, 0) is 20.1 Å². The van der Waals surface area contributed by atoms with E-state index in [0.29, 0.717) is 35.8 Å². The number of aromatic nitrogens is 1. The minimum Gasteiger partial charge on any atom is -0.489 e. The normalized spacial score (nSPS) is 11.3. The lowest BCUT2D eigenvalue weighted by molar-refractivity contribution is 0.358. The van der Waals surface area contributed by atoms with Gasteiger partial charge in [0, 0.05) is 31.9 Å². The van der Waals surface area contributed by atoms with Gasteiger partial charge in [0.05, 0.1) is 11.6 Å². The lowest BCUT2D eigenvalue weighted by Gasteiger charge is -2.14. The van der Waals surface area contributed by atoms with Gasteiger partial charge in [-0.05, 0) is 12.1 Å². The molecule has 0 radical (unpaired) electrons. The Kier molecular flexibility index (Phi) is 7.22. The number of ether oxygens (including phenoxy) is 1. The van der Waals surface area contributed by atoms with Gasteiger partial charge in [-0.3, -0.25) is 4.99 Å². The van der Waals surface area contributed by atoms with Gasteiger partial charge >= 0.3 is 0 Å². The van der Waals surface area contributed by atoms with Crippen LogP contribution in [0.5, 0.6) is 5.75 Å². The average Bonchev–Trinajstić information content (AvgIpc) is 2.87. The lowest BCUT2D eigenvalue weighted by Crippen LogP contribution is -2.36. The summed E-state index contributed by atoms with van der Waals surface area (Å²) in [6.07, 6.45) is 1.72. The number of hydrogen-bond donors (Lipinski definition) is 2. The molecule has 7 heteroatoms. The summed E-state index contributed by atoms with van der Waals surface area (Å²) in [7, 11) is 3.59. The Bertz CT molecular complexity index is 756. The molecule has 0 aliphatic carbocycles. The van der Waals surface area contributed by atoms with Crippen LogP contribution in [0.15, 0.2) is 48.0 Å². The quantitative estimate of drug-likeness (QED) is 0.436. The minimum atomic E-state index is 0.471. The summed E-state index contributed by atoms with van der Waals surface area (Å²) in [4.78, 5) is 4.23. The number of guanidine groups is 1. The summed E-state index contributed by atoms with van der Waals surface area (Å²) < 4.78 is 7.50. The molecule has 0 amide bonds. The first-order chi connectivity index (χ1) is 12.1. The average molecular weight is 381 g/mol. The maximum absolute atomic E-state index is 6.08. The van der Waals surface area contributed by atoms with Crippen molar-refractivity contribution in [2.45, 2.75) is 13.1 Å². The number of benzene rings is 1. The molecule has 2 rings (SSSR count). The first-order valence-corrected chi connectivity index (χ1v) is 8.58. The van der Waals surface area contributed by atoms with E-state index < -0.39 is 0 Å². The summed E-state index contributed by atoms with van der Waals surface area (Å²) in [6.45, 7) is 5.28. The zero-order chi connectivity index (χ0) is 18.2. The Morgan fingerprint density at radius 3 is 2.64 bits per heavy atom. The fraction of sp³-hybridized carbons (Fsp3) is 0.278. The number of halogens is 2. The molecule has 1 aromatic carbocycles. The summed E-state index contributed by atoms with van der Waals surface area (Å²) in [5.74, 6) is 1.50. The number of para-hydroxylation sites is 1. The van der Waals surface area contributed by atoms with Crippen molar-refractivity contribution in [2.75, 3.05) is 13.7 Å². The Balaban J connectivity index is 1.94. The van der Waals surface area contributed by atoms with Crippen molar-refractivity contribution >= 4 is 29.2 Å². The second-order valence-corrected chi connectivity index (χ2v) is 6.09. The van der Waals surface area contributed by atoms with Crippen LogP contribution in [0, 0.1) is 0 Å². The van der Waals surface area contributed by atoms with Crippen LogP contribution in [0.3, 0.4) is 0 Å². The molecule has 1 aromatic heterocycles. The highest BCUT2D eigenvalue weighted by atomic mass is 35.5. The maximum Gasteiger partial charge on any atom is 0.191 e. The standard InChI is InChI=1S/C18H22Cl2N4O/c1-4-9-25-16-8-6-5-7-13(16)11-22-18(21-2)23-12-14-10-15(19)17(20)24(14)3/h4-8,10H,1,9,11-12H2,2-3H3,(H2,21,22,23). The van der Waals surface area contributed by atoms with Gasteiger partial charge in [-0.25, -0.2) is 0 Å². The first kappa shape index (κ1) is 19.2. The van der Waals surface area contributed by atoms with E-state index >= 15 is 0 Å². The van der Waals surface area contributed by atoms with E-state index in [1.807, 2.05) is 41.9 Å². The van der Waals surface area contributed by atoms with Crippen molar-refractivity contribution in [3.63, 3.8) is 0 Å². The molecule has 5 nitrogen and oxygen atoms in total. The fourth-order valence-corrected chi connectivity index (χ4v) is 2.69. The van der Waals surface area contributed by atoms with E-state index in [4.69, 9.17) is 27.9 Å². The van der Waals surface area contributed by atoms with E-state index in [0.717, 1.165) is 17.0 Å². The molecule has 0 bridgehead atoms. The highest BCUT2D eigenvalue weighted by Gasteiger charge is 2.09. The first-order valence-electron chi connectivity index (χ1n) is 7.82. The monoisotopic (exact) mass is 380 g/mol. The summed E-state index contributed by atoms with van der Waals surface area (Å²) in [5, 5.41) is 7.58. The van der Waals surface area contributed by atoms with Crippen molar-refractivity contribution in [3.8, 4) is 5.75 Å². The molecular weight excluding hydrogens is 359 g/mol. The topological polar surface area (TPSA) is 50.6 Å².